The fourth-order valence-corrected chi connectivity index (χ4v) is 3.81. The first-order valence-electron chi connectivity index (χ1n) is 10.3. The smallest absolute Gasteiger partial charge is 0.418 e. The zero-order valence-electron chi connectivity index (χ0n) is 18.2. The topological polar surface area (TPSA) is 104 Å². The Hall–Kier alpha value is -4.09. The molecule has 9 nitrogen and oxygen atoms in total. The summed E-state index contributed by atoms with van der Waals surface area (Å²) >= 11 is 0. The van der Waals surface area contributed by atoms with E-state index in [1.165, 1.54) is 23.1 Å². The van der Waals surface area contributed by atoms with Crippen LogP contribution in [0.2, 0.25) is 0 Å². The van der Waals surface area contributed by atoms with Gasteiger partial charge in [0.1, 0.15) is 17.8 Å². The fraction of sp³-hybridized carbons (Fsp3) is 0.273. The largest absolute Gasteiger partial charge is 0.467 e. The monoisotopic (exact) mass is 475 g/mol. The van der Waals surface area contributed by atoms with Gasteiger partial charge in [0.05, 0.1) is 29.8 Å². The van der Waals surface area contributed by atoms with Crippen molar-refractivity contribution in [2.75, 3.05) is 5.32 Å². The zero-order chi connectivity index (χ0) is 24.6. The number of para-hydroxylation sites is 1. The van der Waals surface area contributed by atoms with Gasteiger partial charge in [-0.2, -0.15) is 18.3 Å². The first-order valence-corrected chi connectivity index (χ1v) is 10.3. The minimum Gasteiger partial charge on any atom is -0.467 e. The molecule has 0 radical (unpaired) electrons. The van der Waals surface area contributed by atoms with Crippen LogP contribution in [0.15, 0.2) is 56.7 Å². The number of anilines is 1. The number of furan rings is 1. The van der Waals surface area contributed by atoms with Crippen LogP contribution in [0.1, 0.15) is 23.9 Å². The maximum Gasteiger partial charge on any atom is 0.418 e. The molecule has 0 aliphatic carbocycles. The molecule has 0 unspecified atom stereocenters. The van der Waals surface area contributed by atoms with Gasteiger partial charge in [-0.1, -0.05) is 12.1 Å². The van der Waals surface area contributed by atoms with Gasteiger partial charge in [-0.15, -0.1) is 0 Å². The lowest BCUT2D eigenvalue weighted by Crippen LogP contribution is -2.42. The van der Waals surface area contributed by atoms with Gasteiger partial charge in [-0.3, -0.25) is 23.4 Å². The van der Waals surface area contributed by atoms with Crippen LogP contribution in [0.4, 0.5) is 18.9 Å². The van der Waals surface area contributed by atoms with Crippen molar-refractivity contribution in [3.05, 3.63) is 80.5 Å². The number of aromatic nitrogens is 4. The lowest BCUT2D eigenvalue weighted by atomic mass is 10.1. The van der Waals surface area contributed by atoms with Gasteiger partial charge in [0.2, 0.25) is 5.91 Å². The molecule has 0 spiro atoms. The Bertz CT molecular complexity index is 1480. The number of halogens is 3. The van der Waals surface area contributed by atoms with Crippen molar-refractivity contribution in [2.24, 2.45) is 0 Å². The van der Waals surface area contributed by atoms with E-state index < -0.39 is 41.1 Å². The van der Waals surface area contributed by atoms with E-state index in [9.17, 15) is 27.6 Å². The molecule has 178 valence electrons. The number of hydrogen-bond donors (Lipinski definition) is 1. The molecule has 3 heterocycles. The van der Waals surface area contributed by atoms with Gasteiger partial charge in [0.25, 0.3) is 5.56 Å². The second-order valence-electron chi connectivity index (χ2n) is 7.53. The lowest BCUT2D eigenvalue weighted by molar-refractivity contribution is -0.137. The molecule has 0 atom stereocenters. The molecule has 4 rings (SSSR count). The van der Waals surface area contributed by atoms with Crippen LogP contribution in [0.3, 0.4) is 0 Å². The fourth-order valence-electron chi connectivity index (χ4n) is 3.81. The van der Waals surface area contributed by atoms with Crippen LogP contribution < -0.4 is 16.6 Å². The number of aryl methyl sites for hydroxylation is 2. The molecule has 0 bridgehead atoms. The Kier molecular flexibility index (Phi) is 5.90. The molecule has 0 saturated heterocycles. The van der Waals surface area contributed by atoms with E-state index in [0.717, 1.165) is 21.3 Å². The lowest BCUT2D eigenvalue weighted by Gasteiger charge is -2.15. The second kappa shape index (κ2) is 8.69. The molecule has 1 amide bonds. The normalized spacial score (nSPS) is 11.8. The van der Waals surface area contributed by atoms with Crippen molar-refractivity contribution < 1.29 is 22.4 Å². The molecular weight excluding hydrogens is 455 g/mol. The molecule has 1 aromatic carbocycles. The highest BCUT2D eigenvalue weighted by atomic mass is 19.4. The van der Waals surface area contributed by atoms with Crippen molar-refractivity contribution in [1.82, 2.24) is 18.9 Å². The average Bonchev–Trinajstić information content (AvgIpc) is 3.41. The van der Waals surface area contributed by atoms with E-state index >= 15 is 0 Å². The molecule has 34 heavy (non-hydrogen) atoms. The van der Waals surface area contributed by atoms with E-state index in [4.69, 9.17) is 4.42 Å². The maximum absolute atomic E-state index is 13.3. The molecule has 0 fully saturated rings. The highest BCUT2D eigenvalue weighted by Crippen LogP contribution is 2.34. The van der Waals surface area contributed by atoms with Gasteiger partial charge in [0, 0.05) is 6.54 Å². The number of nitrogens with one attached hydrogen (secondary N) is 1. The van der Waals surface area contributed by atoms with Crippen molar-refractivity contribution in [3.63, 3.8) is 0 Å². The standard InChI is InChI=1S/C22H20F3N5O4/c1-3-30-19-18(13(2)27-30)28(21(33)29(20(19)32)11-14-7-6-10-34-14)12-17(31)26-16-9-5-4-8-15(16)22(23,24)25/h4-10H,3,11-12H2,1-2H3,(H,26,31). The summed E-state index contributed by atoms with van der Waals surface area (Å²) in [4.78, 5) is 39.2. The van der Waals surface area contributed by atoms with Crippen LogP contribution in [-0.4, -0.2) is 24.8 Å². The van der Waals surface area contributed by atoms with Crippen LogP contribution in [0.25, 0.3) is 11.0 Å². The third-order valence-electron chi connectivity index (χ3n) is 5.28. The Labute approximate surface area is 190 Å². The van der Waals surface area contributed by atoms with E-state index in [0.29, 0.717) is 18.0 Å². The number of rotatable bonds is 6. The Morgan fingerprint density at radius 3 is 2.47 bits per heavy atom. The summed E-state index contributed by atoms with van der Waals surface area (Å²) in [6.45, 7) is 2.85. The summed E-state index contributed by atoms with van der Waals surface area (Å²) in [5, 5.41) is 6.51. The quantitative estimate of drug-likeness (QED) is 0.462. The summed E-state index contributed by atoms with van der Waals surface area (Å²) in [5.74, 6) is -0.528. The summed E-state index contributed by atoms with van der Waals surface area (Å²) in [6.07, 6.45) is -3.29. The predicted octanol–water partition coefficient (Wildman–Crippen LogP) is 2.99. The SMILES string of the molecule is CCn1nc(C)c2c1c(=O)n(Cc1ccco1)c(=O)n2CC(=O)Nc1ccccc1C(F)(F)F. The molecule has 1 N–H and O–H groups in total. The number of carbonyl (C=O) groups is 1. The minimum absolute atomic E-state index is 0.106. The van der Waals surface area contributed by atoms with Crippen molar-refractivity contribution in [2.45, 2.75) is 39.7 Å². The summed E-state index contributed by atoms with van der Waals surface area (Å²) in [5.41, 5.74) is -2.29. The highest BCUT2D eigenvalue weighted by Gasteiger charge is 2.33. The zero-order valence-corrected chi connectivity index (χ0v) is 18.2. The van der Waals surface area contributed by atoms with Crippen molar-refractivity contribution in [3.8, 4) is 0 Å². The van der Waals surface area contributed by atoms with Gasteiger partial charge in [-0.25, -0.2) is 4.79 Å². The Balaban J connectivity index is 1.81. The van der Waals surface area contributed by atoms with Gasteiger partial charge >= 0.3 is 11.9 Å². The Morgan fingerprint density at radius 1 is 1.09 bits per heavy atom. The Morgan fingerprint density at radius 2 is 1.82 bits per heavy atom. The van der Waals surface area contributed by atoms with E-state index in [-0.39, 0.29) is 17.6 Å². The number of hydrogen-bond acceptors (Lipinski definition) is 5. The molecule has 12 heteroatoms. The van der Waals surface area contributed by atoms with Crippen LogP contribution in [0, 0.1) is 6.92 Å². The van der Waals surface area contributed by atoms with Gasteiger partial charge < -0.3 is 9.73 Å². The van der Waals surface area contributed by atoms with Crippen LogP contribution in [0.5, 0.6) is 0 Å². The van der Waals surface area contributed by atoms with Crippen molar-refractivity contribution >= 4 is 22.6 Å². The molecule has 0 aliphatic rings. The van der Waals surface area contributed by atoms with Gasteiger partial charge in [0.15, 0.2) is 5.52 Å². The van der Waals surface area contributed by atoms with E-state index in [1.807, 2.05) is 0 Å². The third kappa shape index (κ3) is 4.14. The van der Waals surface area contributed by atoms with Crippen molar-refractivity contribution in [1.29, 1.82) is 0 Å². The number of benzene rings is 1. The number of carbonyl (C=O) groups excluding carboxylic acids is 1. The number of fused-ring (bicyclic) bond motifs is 1. The number of amides is 1. The van der Waals surface area contributed by atoms with E-state index in [2.05, 4.69) is 10.4 Å². The maximum atomic E-state index is 13.3. The number of alkyl halides is 3. The number of nitrogens with zero attached hydrogens (tertiary/aromatic N) is 4. The summed E-state index contributed by atoms with van der Waals surface area (Å²) in [6, 6.07) is 7.72. The molecular formula is C22H20F3N5O4. The second-order valence-corrected chi connectivity index (χ2v) is 7.53. The van der Waals surface area contributed by atoms with Crippen LogP contribution in [-0.2, 0) is 30.6 Å². The summed E-state index contributed by atoms with van der Waals surface area (Å²) in [7, 11) is 0. The predicted molar refractivity (Wildman–Crippen MR) is 117 cm³/mol. The van der Waals surface area contributed by atoms with Crippen LogP contribution >= 0.6 is 0 Å². The first-order chi connectivity index (χ1) is 16.1. The molecule has 4 aromatic rings. The first kappa shape index (κ1) is 23.1. The van der Waals surface area contributed by atoms with Gasteiger partial charge in [-0.05, 0) is 38.1 Å². The third-order valence-corrected chi connectivity index (χ3v) is 5.28. The molecule has 3 aromatic heterocycles. The minimum atomic E-state index is -4.68. The molecule has 0 saturated carbocycles. The molecule has 0 aliphatic heterocycles. The highest BCUT2D eigenvalue weighted by molar-refractivity contribution is 5.92. The van der Waals surface area contributed by atoms with E-state index in [1.54, 1.807) is 26.0 Å². The summed E-state index contributed by atoms with van der Waals surface area (Å²) < 4.78 is 48.5. The average molecular weight is 475 g/mol.